The Morgan fingerprint density at radius 1 is 1.06 bits per heavy atom. The second-order valence-corrected chi connectivity index (χ2v) is 10.5. The van der Waals surface area contributed by atoms with E-state index in [1.165, 1.54) is 12.8 Å². The van der Waals surface area contributed by atoms with Crippen LogP contribution in [0.3, 0.4) is 0 Å². The lowest BCUT2D eigenvalue weighted by molar-refractivity contribution is -0.134. The first-order valence-electron chi connectivity index (χ1n) is 13.4. The summed E-state index contributed by atoms with van der Waals surface area (Å²) in [5, 5.41) is 6.09. The summed E-state index contributed by atoms with van der Waals surface area (Å²) < 4.78 is 17.7. The Balaban J connectivity index is 1.22. The fourth-order valence-corrected chi connectivity index (χ4v) is 5.87. The van der Waals surface area contributed by atoms with Crippen molar-refractivity contribution in [3.8, 4) is 5.75 Å². The van der Waals surface area contributed by atoms with E-state index in [0.29, 0.717) is 68.5 Å². The minimum absolute atomic E-state index is 0.0437. The highest BCUT2D eigenvalue weighted by Gasteiger charge is 2.39. The molecule has 0 spiro atoms. The average molecular weight is 500 g/mol. The van der Waals surface area contributed by atoms with Crippen molar-refractivity contribution in [1.82, 2.24) is 10.2 Å². The van der Waals surface area contributed by atoms with Gasteiger partial charge < -0.3 is 29.7 Å². The number of benzene rings is 1. The van der Waals surface area contributed by atoms with Crippen molar-refractivity contribution in [1.29, 1.82) is 0 Å². The SMILES string of the molecule is CN1C(=O)c2cc(NC(=O)C3CCOCC3)ccc2OC[C@H]2O[C@@H](CC(=O)NC3CCCC3)CC[C@H]21. The highest BCUT2D eigenvalue weighted by molar-refractivity contribution is 6.00. The molecular formula is C27H37N3O6. The summed E-state index contributed by atoms with van der Waals surface area (Å²) in [4.78, 5) is 40.3. The Bertz CT molecular complexity index is 972. The van der Waals surface area contributed by atoms with Gasteiger partial charge in [-0.05, 0) is 56.7 Å². The van der Waals surface area contributed by atoms with Crippen LogP contribution in [0.15, 0.2) is 18.2 Å². The lowest BCUT2D eigenvalue weighted by Crippen LogP contribution is -2.54. The number of ether oxygens (including phenoxy) is 3. The summed E-state index contributed by atoms with van der Waals surface area (Å²) in [6.45, 7) is 1.48. The molecule has 0 radical (unpaired) electrons. The molecule has 4 aliphatic rings. The molecule has 5 rings (SSSR count). The van der Waals surface area contributed by atoms with Gasteiger partial charge in [-0.25, -0.2) is 0 Å². The molecule has 0 unspecified atom stereocenters. The zero-order valence-electron chi connectivity index (χ0n) is 21.0. The molecule has 3 amide bonds. The first-order valence-corrected chi connectivity index (χ1v) is 13.4. The van der Waals surface area contributed by atoms with Crippen LogP contribution in [-0.4, -0.2) is 73.8 Å². The van der Waals surface area contributed by atoms with Crippen molar-refractivity contribution in [2.75, 3.05) is 32.2 Å². The average Bonchev–Trinajstić information content (AvgIpc) is 3.40. The van der Waals surface area contributed by atoms with Gasteiger partial charge in [0, 0.05) is 37.9 Å². The third-order valence-electron chi connectivity index (χ3n) is 8.00. The van der Waals surface area contributed by atoms with Crippen molar-refractivity contribution >= 4 is 23.4 Å². The molecule has 1 aliphatic carbocycles. The van der Waals surface area contributed by atoms with E-state index in [0.717, 1.165) is 19.3 Å². The van der Waals surface area contributed by atoms with Crippen molar-refractivity contribution in [3.63, 3.8) is 0 Å². The number of nitrogens with one attached hydrogen (secondary N) is 2. The number of hydrogen-bond acceptors (Lipinski definition) is 6. The molecule has 3 heterocycles. The zero-order chi connectivity index (χ0) is 25.1. The molecule has 36 heavy (non-hydrogen) atoms. The number of nitrogens with zero attached hydrogens (tertiary/aromatic N) is 1. The summed E-state index contributed by atoms with van der Waals surface area (Å²) in [6.07, 6.45) is 7.19. The van der Waals surface area contributed by atoms with Crippen molar-refractivity contribution in [3.05, 3.63) is 23.8 Å². The van der Waals surface area contributed by atoms with Crippen LogP contribution in [-0.2, 0) is 19.1 Å². The van der Waals surface area contributed by atoms with E-state index in [1.54, 1.807) is 30.1 Å². The Labute approximate surface area is 212 Å². The molecule has 3 atom stereocenters. The van der Waals surface area contributed by atoms with Crippen molar-refractivity contribution in [2.24, 2.45) is 5.92 Å². The molecule has 3 fully saturated rings. The molecule has 3 aliphatic heterocycles. The number of rotatable bonds is 5. The maximum absolute atomic E-state index is 13.4. The lowest BCUT2D eigenvalue weighted by Gasteiger charge is -2.42. The highest BCUT2D eigenvalue weighted by Crippen LogP contribution is 2.33. The van der Waals surface area contributed by atoms with E-state index in [-0.39, 0.29) is 41.9 Å². The molecule has 1 aromatic rings. The van der Waals surface area contributed by atoms with Crippen LogP contribution < -0.4 is 15.4 Å². The van der Waals surface area contributed by atoms with Gasteiger partial charge in [-0.2, -0.15) is 0 Å². The normalized spacial score (nSPS) is 27.3. The summed E-state index contributed by atoms with van der Waals surface area (Å²) in [6, 6.07) is 5.35. The van der Waals surface area contributed by atoms with Crippen LogP contribution in [0.1, 0.15) is 68.1 Å². The topological polar surface area (TPSA) is 106 Å². The molecule has 196 valence electrons. The zero-order valence-corrected chi connectivity index (χ0v) is 21.0. The number of fused-ring (bicyclic) bond motifs is 2. The van der Waals surface area contributed by atoms with Crippen LogP contribution >= 0.6 is 0 Å². The maximum atomic E-state index is 13.4. The predicted molar refractivity (Wildman–Crippen MR) is 133 cm³/mol. The smallest absolute Gasteiger partial charge is 0.257 e. The van der Waals surface area contributed by atoms with Gasteiger partial charge in [-0.15, -0.1) is 0 Å². The Kier molecular flexibility index (Phi) is 7.76. The summed E-state index contributed by atoms with van der Waals surface area (Å²) >= 11 is 0. The van der Waals surface area contributed by atoms with Gasteiger partial charge in [0.2, 0.25) is 11.8 Å². The van der Waals surface area contributed by atoms with Gasteiger partial charge in [0.1, 0.15) is 18.5 Å². The number of amides is 3. The first-order chi connectivity index (χ1) is 17.5. The second kappa shape index (κ2) is 11.2. The molecule has 2 saturated heterocycles. The Morgan fingerprint density at radius 3 is 2.61 bits per heavy atom. The Hall–Kier alpha value is -2.65. The molecule has 2 N–H and O–H groups in total. The van der Waals surface area contributed by atoms with Crippen LogP contribution in [0.4, 0.5) is 5.69 Å². The Morgan fingerprint density at radius 2 is 1.83 bits per heavy atom. The van der Waals surface area contributed by atoms with E-state index >= 15 is 0 Å². The van der Waals surface area contributed by atoms with Crippen LogP contribution in [0.2, 0.25) is 0 Å². The number of anilines is 1. The number of likely N-dealkylation sites (N-methyl/N-ethyl adjacent to an activating group) is 1. The lowest BCUT2D eigenvalue weighted by atomic mass is 9.94. The monoisotopic (exact) mass is 499 g/mol. The van der Waals surface area contributed by atoms with Gasteiger partial charge in [-0.3, -0.25) is 14.4 Å². The summed E-state index contributed by atoms with van der Waals surface area (Å²) in [5.74, 6) is 0.225. The standard InChI is InChI=1S/C27H37N3O6/c1-30-22-8-7-20(15-25(31)28-18-4-2-3-5-18)36-24(22)16-35-23-9-6-19(14-21(23)27(30)33)29-26(32)17-10-12-34-13-11-17/h6,9,14,17-18,20,22,24H,2-5,7-8,10-13,15-16H2,1H3,(H,28,31)(H,29,32)/t20-,22-,24-/m1/s1. The predicted octanol–water partition coefficient (Wildman–Crippen LogP) is 2.88. The number of carbonyl (C=O) groups is 3. The fraction of sp³-hybridized carbons (Fsp3) is 0.667. The number of hydrogen-bond donors (Lipinski definition) is 2. The molecule has 9 heteroatoms. The molecule has 0 aromatic heterocycles. The van der Waals surface area contributed by atoms with Gasteiger partial charge in [0.05, 0.1) is 24.1 Å². The third kappa shape index (κ3) is 5.67. The van der Waals surface area contributed by atoms with Crippen molar-refractivity contribution in [2.45, 2.75) is 82.1 Å². The van der Waals surface area contributed by atoms with E-state index in [1.807, 2.05) is 0 Å². The molecule has 1 saturated carbocycles. The van der Waals surface area contributed by atoms with E-state index in [2.05, 4.69) is 10.6 Å². The fourth-order valence-electron chi connectivity index (χ4n) is 5.87. The van der Waals surface area contributed by atoms with E-state index in [4.69, 9.17) is 14.2 Å². The molecule has 1 aromatic carbocycles. The molecule has 9 nitrogen and oxygen atoms in total. The second-order valence-electron chi connectivity index (χ2n) is 10.5. The van der Waals surface area contributed by atoms with Crippen molar-refractivity contribution < 1.29 is 28.6 Å². The van der Waals surface area contributed by atoms with E-state index in [9.17, 15) is 14.4 Å². The number of carbonyl (C=O) groups excluding carboxylic acids is 3. The van der Waals surface area contributed by atoms with Gasteiger partial charge >= 0.3 is 0 Å². The van der Waals surface area contributed by atoms with Crippen LogP contribution in [0.25, 0.3) is 0 Å². The van der Waals surface area contributed by atoms with E-state index < -0.39 is 0 Å². The quantitative estimate of drug-likeness (QED) is 0.645. The largest absolute Gasteiger partial charge is 0.490 e. The molecule has 0 bridgehead atoms. The summed E-state index contributed by atoms with van der Waals surface area (Å²) in [7, 11) is 1.79. The summed E-state index contributed by atoms with van der Waals surface area (Å²) in [5.41, 5.74) is 1.01. The first kappa shape index (κ1) is 25.0. The van der Waals surface area contributed by atoms with Gasteiger partial charge in [0.15, 0.2) is 0 Å². The van der Waals surface area contributed by atoms with Crippen LogP contribution in [0, 0.1) is 5.92 Å². The van der Waals surface area contributed by atoms with Crippen LogP contribution in [0.5, 0.6) is 5.75 Å². The maximum Gasteiger partial charge on any atom is 0.257 e. The molecular weight excluding hydrogens is 462 g/mol. The van der Waals surface area contributed by atoms with Gasteiger partial charge in [0.25, 0.3) is 5.91 Å². The minimum atomic E-state index is -0.307. The third-order valence-corrected chi connectivity index (χ3v) is 8.00. The highest BCUT2D eigenvalue weighted by atomic mass is 16.5. The van der Waals surface area contributed by atoms with Gasteiger partial charge in [-0.1, -0.05) is 12.8 Å². The minimum Gasteiger partial charge on any atom is -0.490 e.